The number of hydrogen-bond acceptors (Lipinski definition) is 1. The van der Waals surface area contributed by atoms with E-state index < -0.39 is 0 Å². The molecule has 0 bridgehead atoms. The van der Waals surface area contributed by atoms with Crippen molar-refractivity contribution in [1.82, 2.24) is 0 Å². The Hall–Kier alpha value is -0.830. The van der Waals surface area contributed by atoms with Gasteiger partial charge in [0.15, 0.2) is 0 Å². The number of amides is 1. The molecule has 1 rings (SSSR count). The number of benzene rings is 1. The number of primary amides is 1. The second kappa shape index (κ2) is 13.4. The normalized spacial score (nSPS) is 11.0. The van der Waals surface area contributed by atoms with Gasteiger partial charge < -0.3 is 5.73 Å². The summed E-state index contributed by atoms with van der Waals surface area (Å²) < 4.78 is 1.13. The van der Waals surface area contributed by atoms with E-state index in [9.17, 15) is 4.79 Å². The molecule has 1 aromatic carbocycles. The van der Waals surface area contributed by atoms with Crippen LogP contribution >= 0.6 is 15.9 Å². The van der Waals surface area contributed by atoms with Crippen molar-refractivity contribution in [3.8, 4) is 0 Å². The average Bonchev–Trinajstić information content (AvgIpc) is 2.59. The van der Waals surface area contributed by atoms with E-state index in [4.69, 9.17) is 5.73 Å². The van der Waals surface area contributed by atoms with Gasteiger partial charge in [-0.3, -0.25) is 4.79 Å². The summed E-state index contributed by atoms with van der Waals surface area (Å²) in [6.07, 6.45) is 15.9. The van der Waals surface area contributed by atoms with Crippen LogP contribution in [0.25, 0.3) is 0 Å². The van der Waals surface area contributed by atoms with Crippen LogP contribution < -0.4 is 5.73 Å². The number of halogens is 1. The Morgan fingerprint density at radius 2 is 1.28 bits per heavy atom. The lowest BCUT2D eigenvalue weighted by Gasteiger charge is -2.15. The van der Waals surface area contributed by atoms with E-state index in [-0.39, 0.29) is 5.91 Å². The standard InChI is InChI=1S/C22H36BrNO/c1-3-5-7-9-11-12-14-18-19(15-13-10-8-6-4-2)21(23)17-16-20(18)22(24)25/h16-17H,3-15H2,1-2H3,(H2,24,25). The van der Waals surface area contributed by atoms with Gasteiger partial charge in [0, 0.05) is 10.0 Å². The lowest BCUT2D eigenvalue weighted by atomic mass is 9.92. The van der Waals surface area contributed by atoms with Gasteiger partial charge in [0.05, 0.1) is 0 Å². The Balaban J connectivity index is 2.72. The lowest BCUT2D eigenvalue weighted by molar-refractivity contribution is 0.0999. The first-order valence-corrected chi connectivity index (χ1v) is 11.0. The summed E-state index contributed by atoms with van der Waals surface area (Å²) in [6.45, 7) is 4.49. The molecule has 0 saturated heterocycles. The van der Waals surface area contributed by atoms with Gasteiger partial charge in [-0.05, 0) is 48.9 Å². The predicted molar refractivity (Wildman–Crippen MR) is 112 cm³/mol. The van der Waals surface area contributed by atoms with Crippen molar-refractivity contribution in [2.75, 3.05) is 0 Å². The monoisotopic (exact) mass is 409 g/mol. The third kappa shape index (κ3) is 8.40. The van der Waals surface area contributed by atoms with E-state index in [1.165, 1.54) is 75.3 Å². The van der Waals surface area contributed by atoms with Crippen molar-refractivity contribution in [3.05, 3.63) is 33.3 Å². The topological polar surface area (TPSA) is 43.1 Å². The molecule has 1 aromatic rings. The minimum absolute atomic E-state index is 0.291. The molecule has 0 aliphatic carbocycles. The molecule has 1 amide bonds. The van der Waals surface area contributed by atoms with Crippen LogP contribution in [0.2, 0.25) is 0 Å². The van der Waals surface area contributed by atoms with Crippen LogP contribution in [0.5, 0.6) is 0 Å². The molecule has 3 heteroatoms. The summed E-state index contributed by atoms with van der Waals surface area (Å²) in [5.41, 5.74) is 8.86. The highest BCUT2D eigenvalue weighted by Gasteiger charge is 2.15. The van der Waals surface area contributed by atoms with E-state index in [0.717, 1.165) is 29.3 Å². The average molecular weight is 410 g/mol. The van der Waals surface area contributed by atoms with E-state index in [0.29, 0.717) is 0 Å². The third-order valence-corrected chi connectivity index (χ3v) is 5.69. The molecule has 2 N–H and O–H groups in total. The molecular weight excluding hydrogens is 374 g/mol. The van der Waals surface area contributed by atoms with Gasteiger partial charge >= 0.3 is 0 Å². The number of carbonyl (C=O) groups excluding carboxylic acids is 1. The molecule has 0 saturated carbocycles. The number of nitrogens with two attached hydrogens (primary N) is 1. The van der Waals surface area contributed by atoms with E-state index in [2.05, 4.69) is 29.8 Å². The second-order valence-corrected chi connectivity index (χ2v) is 7.95. The van der Waals surface area contributed by atoms with Crippen molar-refractivity contribution < 1.29 is 4.79 Å². The van der Waals surface area contributed by atoms with Gasteiger partial charge in [0.25, 0.3) is 0 Å². The van der Waals surface area contributed by atoms with E-state index in [1.807, 2.05) is 12.1 Å². The highest BCUT2D eigenvalue weighted by molar-refractivity contribution is 9.10. The largest absolute Gasteiger partial charge is 0.366 e. The summed E-state index contributed by atoms with van der Waals surface area (Å²) in [6, 6.07) is 3.88. The zero-order valence-corrected chi connectivity index (χ0v) is 17.8. The van der Waals surface area contributed by atoms with E-state index in [1.54, 1.807) is 0 Å². The number of unbranched alkanes of at least 4 members (excludes halogenated alkanes) is 9. The molecule has 0 aromatic heterocycles. The molecule has 142 valence electrons. The Morgan fingerprint density at radius 3 is 1.80 bits per heavy atom. The number of hydrogen-bond donors (Lipinski definition) is 1. The summed E-state index contributed by atoms with van der Waals surface area (Å²) in [7, 11) is 0. The zero-order chi connectivity index (χ0) is 18.5. The second-order valence-electron chi connectivity index (χ2n) is 7.10. The number of rotatable bonds is 14. The van der Waals surface area contributed by atoms with Gasteiger partial charge in [0.2, 0.25) is 5.91 Å². The maximum absolute atomic E-state index is 11.9. The SMILES string of the molecule is CCCCCCCCc1c(C(N)=O)ccc(Br)c1CCCCCCC. The molecule has 0 spiro atoms. The highest BCUT2D eigenvalue weighted by atomic mass is 79.9. The minimum atomic E-state index is -0.291. The lowest BCUT2D eigenvalue weighted by Crippen LogP contribution is -2.15. The van der Waals surface area contributed by atoms with Gasteiger partial charge in [0.1, 0.15) is 0 Å². The summed E-state index contributed by atoms with van der Waals surface area (Å²) >= 11 is 3.70. The van der Waals surface area contributed by atoms with Crippen LogP contribution in [0, 0.1) is 0 Å². The first-order valence-electron chi connectivity index (χ1n) is 10.2. The Morgan fingerprint density at radius 1 is 0.800 bits per heavy atom. The fourth-order valence-electron chi connectivity index (χ4n) is 3.44. The molecule has 0 radical (unpaired) electrons. The predicted octanol–water partition coefficient (Wildman–Crippen LogP) is 6.96. The smallest absolute Gasteiger partial charge is 0.248 e. The summed E-state index contributed by atoms with van der Waals surface area (Å²) in [5.74, 6) is -0.291. The molecule has 0 unspecified atom stereocenters. The quantitative estimate of drug-likeness (QED) is 0.331. The van der Waals surface area contributed by atoms with Crippen LogP contribution in [0.15, 0.2) is 16.6 Å². The van der Waals surface area contributed by atoms with Crippen molar-refractivity contribution in [2.45, 2.75) is 97.3 Å². The van der Waals surface area contributed by atoms with Crippen molar-refractivity contribution in [2.24, 2.45) is 5.73 Å². The third-order valence-electron chi connectivity index (χ3n) is 4.95. The minimum Gasteiger partial charge on any atom is -0.366 e. The van der Waals surface area contributed by atoms with Crippen LogP contribution in [-0.2, 0) is 12.8 Å². The van der Waals surface area contributed by atoms with Gasteiger partial charge in [-0.1, -0.05) is 87.6 Å². The molecule has 0 atom stereocenters. The molecule has 25 heavy (non-hydrogen) atoms. The molecule has 2 nitrogen and oxygen atoms in total. The molecule has 0 aliphatic rings. The summed E-state index contributed by atoms with van der Waals surface area (Å²) in [4.78, 5) is 11.9. The maximum Gasteiger partial charge on any atom is 0.248 e. The molecule has 0 fully saturated rings. The first kappa shape index (κ1) is 22.2. The van der Waals surface area contributed by atoms with Crippen molar-refractivity contribution in [3.63, 3.8) is 0 Å². The summed E-state index contributed by atoms with van der Waals surface area (Å²) in [5, 5.41) is 0. The van der Waals surface area contributed by atoms with Crippen molar-refractivity contribution >= 4 is 21.8 Å². The van der Waals surface area contributed by atoms with Crippen LogP contribution in [0.3, 0.4) is 0 Å². The van der Waals surface area contributed by atoms with Crippen LogP contribution in [0.4, 0.5) is 0 Å². The maximum atomic E-state index is 11.9. The van der Waals surface area contributed by atoms with Crippen LogP contribution in [0.1, 0.15) is 106 Å². The van der Waals surface area contributed by atoms with Gasteiger partial charge in [-0.2, -0.15) is 0 Å². The zero-order valence-electron chi connectivity index (χ0n) is 16.2. The molecule has 0 heterocycles. The van der Waals surface area contributed by atoms with E-state index >= 15 is 0 Å². The van der Waals surface area contributed by atoms with Gasteiger partial charge in [-0.15, -0.1) is 0 Å². The highest BCUT2D eigenvalue weighted by Crippen LogP contribution is 2.28. The van der Waals surface area contributed by atoms with Crippen LogP contribution in [-0.4, -0.2) is 5.91 Å². The number of carbonyl (C=O) groups is 1. The fraction of sp³-hybridized carbons (Fsp3) is 0.682. The molecular formula is C22H36BrNO. The van der Waals surface area contributed by atoms with Gasteiger partial charge in [-0.25, -0.2) is 0 Å². The Bertz CT molecular complexity index is 513. The molecule has 0 aliphatic heterocycles. The fourth-order valence-corrected chi connectivity index (χ4v) is 4.01. The Kier molecular flexibility index (Phi) is 11.9. The first-order chi connectivity index (χ1) is 12.1. The van der Waals surface area contributed by atoms with Crippen molar-refractivity contribution in [1.29, 1.82) is 0 Å². The Labute approximate surface area is 163 Å².